The average Bonchev–Trinajstić information content (AvgIpc) is 2.66. The molecular weight excluding hydrogens is 278 g/mol. The van der Waals surface area contributed by atoms with E-state index in [0.717, 1.165) is 4.47 Å². The summed E-state index contributed by atoms with van der Waals surface area (Å²) in [5.41, 5.74) is 6.44. The van der Waals surface area contributed by atoms with Crippen LogP contribution in [0.25, 0.3) is 0 Å². The predicted molar refractivity (Wildman–Crippen MR) is 59.4 cm³/mol. The van der Waals surface area contributed by atoms with Crippen molar-refractivity contribution >= 4 is 21.9 Å². The lowest BCUT2D eigenvalue weighted by atomic mass is 10.0. The second-order valence-electron chi connectivity index (χ2n) is 3.41. The van der Waals surface area contributed by atoms with Crippen molar-refractivity contribution in [3.05, 3.63) is 22.2 Å². The fraction of sp³-hybridized carbons (Fsp3) is 0.300. The van der Waals surface area contributed by atoms with Crippen LogP contribution in [0.15, 0.2) is 16.6 Å². The summed E-state index contributed by atoms with van der Waals surface area (Å²) in [4.78, 5) is 10.6. The van der Waals surface area contributed by atoms with Crippen LogP contribution in [0.5, 0.6) is 11.5 Å². The molecule has 86 valence electrons. The summed E-state index contributed by atoms with van der Waals surface area (Å²) >= 11 is 3.32. The number of carboxylic acid groups (broad SMARTS) is 1. The minimum Gasteiger partial charge on any atom is -0.481 e. The number of ether oxygens (including phenoxy) is 2. The Kier molecular flexibility index (Phi) is 3.02. The summed E-state index contributed by atoms with van der Waals surface area (Å²) in [7, 11) is 0. The highest BCUT2D eigenvalue weighted by Gasteiger charge is 2.24. The lowest BCUT2D eigenvalue weighted by molar-refractivity contribution is -0.137. The molecule has 0 spiro atoms. The summed E-state index contributed by atoms with van der Waals surface area (Å²) in [5, 5.41) is 8.69. The number of carboxylic acids is 1. The minimum atomic E-state index is -0.942. The van der Waals surface area contributed by atoms with Gasteiger partial charge in [0.15, 0.2) is 11.5 Å². The third kappa shape index (κ3) is 1.98. The van der Waals surface area contributed by atoms with Crippen LogP contribution in [0.1, 0.15) is 18.0 Å². The molecule has 0 bridgehead atoms. The van der Waals surface area contributed by atoms with Gasteiger partial charge in [-0.15, -0.1) is 0 Å². The smallest absolute Gasteiger partial charge is 0.305 e. The maximum absolute atomic E-state index is 10.6. The van der Waals surface area contributed by atoms with Crippen LogP contribution < -0.4 is 15.2 Å². The summed E-state index contributed by atoms with van der Waals surface area (Å²) in [6.45, 7) is 0.130. The minimum absolute atomic E-state index is 0.130. The number of hydrogen-bond donors (Lipinski definition) is 2. The van der Waals surface area contributed by atoms with E-state index < -0.39 is 12.0 Å². The van der Waals surface area contributed by atoms with E-state index in [2.05, 4.69) is 15.9 Å². The lowest BCUT2D eigenvalue weighted by Crippen LogP contribution is -2.15. The van der Waals surface area contributed by atoms with Gasteiger partial charge in [0.25, 0.3) is 0 Å². The van der Waals surface area contributed by atoms with Gasteiger partial charge in [0.1, 0.15) is 0 Å². The number of carbonyl (C=O) groups is 1. The highest BCUT2D eigenvalue weighted by atomic mass is 79.9. The zero-order valence-corrected chi connectivity index (χ0v) is 9.86. The second kappa shape index (κ2) is 4.31. The normalized spacial score (nSPS) is 14.9. The van der Waals surface area contributed by atoms with Crippen LogP contribution in [0.2, 0.25) is 0 Å². The molecule has 0 fully saturated rings. The third-order valence-corrected chi connectivity index (χ3v) is 2.92. The Bertz CT molecular complexity index is 435. The third-order valence-electron chi connectivity index (χ3n) is 2.30. The van der Waals surface area contributed by atoms with E-state index in [1.165, 1.54) is 0 Å². The van der Waals surface area contributed by atoms with Gasteiger partial charge in [-0.1, -0.05) is 6.07 Å². The number of rotatable bonds is 3. The highest BCUT2D eigenvalue weighted by Crippen LogP contribution is 2.43. The molecule has 16 heavy (non-hydrogen) atoms. The Morgan fingerprint density at radius 3 is 2.88 bits per heavy atom. The SMILES string of the molecule is NC(CC(=O)O)c1ccc(Br)c2c1OCO2. The molecule has 1 heterocycles. The van der Waals surface area contributed by atoms with Gasteiger partial charge in [0.05, 0.1) is 10.9 Å². The first-order chi connectivity index (χ1) is 7.59. The van der Waals surface area contributed by atoms with E-state index in [4.69, 9.17) is 20.3 Å². The van der Waals surface area contributed by atoms with Crippen LogP contribution >= 0.6 is 15.9 Å². The van der Waals surface area contributed by atoms with Crippen molar-refractivity contribution in [2.75, 3.05) is 6.79 Å². The van der Waals surface area contributed by atoms with E-state index in [9.17, 15) is 4.79 Å². The van der Waals surface area contributed by atoms with Crippen LogP contribution in [0, 0.1) is 0 Å². The van der Waals surface area contributed by atoms with Gasteiger partial charge in [0, 0.05) is 11.6 Å². The molecule has 1 aromatic rings. The first-order valence-corrected chi connectivity index (χ1v) is 5.44. The molecule has 1 unspecified atom stereocenters. The first kappa shape index (κ1) is 11.2. The van der Waals surface area contributed by atoms with Crippen LogP contribution in [0.3, 0.4) is 0 Å². The summed E-state index contributed by atoms with van der Waals surface area (Å²) in [5.74, 6) is 0.171. The molecule has 0 radical (unpaired) electrons. The van der Waals surface area contributed by atoms with Gasteiger partial charge in [-0.3, -0.25) is 4.79 Å². The summed E-state index contributed by atoms with van der Waals surface area (Å²) in [6.07, 6.45) is -0.141. The number of nitrogens with two attached hydrogens (primary N) is 1. The van der Waals surface area contributed by atoms with Gasteiger partial charge in [-0.05, 0) is 22.0 Å². The molecule has 0 saturated carbocycles. The molecule has 0 amide bonds. The quantitative estimate of drug-likeness (QED) is 0.883. The molecule has 1 aromatic carbocycles. The molecule has 0 aromatic heterocycles. The standard InChI is InChI=1S/C10H10BrNO4/c11-6-2-1-5(7(12)3-8(13)14)9-10(6)16-4-15-9/h1-2,7H,3-4,12H2,(H,13,14). The lowest BCUT2D eigenvalue weighted by Gasteiger charge is -2.12. The highest BCUT2D eigenvalue weighted by molar-refractivity contribution is 9.10. The molecule has 3 N–H and O–H groups in total. The van der Waals surface area contributed by atoms with E-state index in [-0.39, 0.29) is 13.2 Å². The number of hydrogen-bond acceptors (Lipinski definition) is 4. The molecule has 0 aliphatic carbocycles. The Labute approximate surface area is 100 Å². The molecule has 5 nitrogen and oxygen atoms in total. The van der Waals surface area contributed by atoms with E-state index in [1.807, 2.05) is 0 Å². The Morgan fingerprint density at radius 2 is 2.19 bits per heavy atom. The van der Waals surface area contributed by atoms with Crippen molar-refractivity contribution in [3.63, 3.8) is 0 Å². The van der Waals surface area contributed by atoms with Crippen LogP contribution in [-0.4, -0.2) is 17.9 Å². The Hall–Kier alpha value is -1.27. The monoisotopic (exact) mass is 287 g/mol. The largest absolute Gasteiger partial charge is 0.481 e. The van der Waals surface area contributed by atoms with Crippen LogP contribution in [0.4, 0.5) is 0 Å². The van der Waals surface area contributed by atoms with E-state index in [0.29, 0.717) is 17.1 Å². The van der Waals surface area contributed by atoms with Gasteiger partial charge in [-0.2, -0.15) is 0 Å². The number of benzene rings is 1. The van der Waals surface area contributed by atoms with Crippen molar-refractivity contribution < 1.29 is 19.4 Å². The van der Waals surface area contributed by atoms with Gasteiger partial charge >= 0.3 is 5.97 Å². The van der Waals surface area contributed by atoms with Crippen LogP contribution in [-0.2, 0) is 4.79 Å². The van der Waals surface area contributed by atoms with Crippen molar-refractivity contribution in [1.82, 2.24) is 0 Å². The van der Waals surface area contributed by atoms with Gasteiger partial charge < -0.3 is 20.3 Å². The van der Waals surface area contributed by atoms with E-state index in [1.54, 1.807) is 12.1 Å². The maximum atomic E-state index is 10.6. The van der Waals surface area contributed by atoms with Crippen molar-refractivity contribution in [2.45, 2.75) is 12.5 Å². The van der Waals surface area contributed by atoms with Gasteiger partial charge in [0.2, 0.25) is 6.79 Å². The summed E-state index contributed by atoms with van der Waals surface area (Å²) < 4.78 is 11.3. The zero-order chi connectivity index (χ0) is 11.7. The fourth-order valence-corrected chi connectivity index (χ4v) is 2.00. The molecule has 6 heteroatoms. The number of aliphatic carboxylic acids is 1. The van der Waals surface area contributed by atoms with Crippen molar-refractivity contribution in [1.29, 1.82) is 0 Å². The van der Waals surface area contributed by atoms with Crippen molar-refractivity contribution in [2.24, 2.45) is 5.73 Å². The molecule has 1 atom stereocenters. The molecular formula is C10H10BrNO4. The molecule has 1 aliphatic rings. The first-order valence-electron chi connectivity index (χ1n) is 4.65. The van der Waals surface area contributed by atoms with Gasteiger partial charge in [-0.25, -0.2) is 0 Å². The second-order valence-corrected chi connectivity index (χ2v) is 4.26. The van der Waals surface area contributed by atoms with E-state index >= 15 is 0 Å². The Balaban J connectivity index is 2.35. The van der Waals surface area contributed by atoms with Crippen molar-refractivity contribution in [3.8, 4) is 11.5 Å². The predicted octanol–water partition coefficient (Wildman–Crippen LogP) is 1.65. The molecule has 1 aliphatic heterocycles. The topological polar surface area (TPSA) is 81.8 Å². The number of fused-ring (bicyclic) bond motifs is 1. The molecule has 0 saturated heterocycles. The average molecular weight is 288 g/mol. The number of halogens is 1. The molecule has 2 rings (SSSR count). The summed E-state index contributed by atoms with van der Waals surface area (Å²) in [6, 6.07) is 2.91. The fourth-order valence-electron chi connectivity index (χ4n) is 1.57. The Morgan fingerprint density at radius 1 is 1.50 bits per heavy atom. The zero-order valence-electron chi connectivity index (χ0n) is 8.27. The maximum Gasteiger partial charge on any atom is 0.305 e.